The Morgan fingerprint density at radius 2 is 0.775 bits per heavy atom. The molecule has 0 N–H and O–H groups in total. The normalized spacial score (nSPS) is 11.9. The molecule has 0 aliphatic carbocycles. The van der Waals surface area contributed by atoms with E-state index in [9.17, 15) is 0 Å². The first-order valence-electron chi connectivity index (χ1n) is 41.5. The zero-order valence-electron chi connectivity index (χ0n) is 65.1. The summed E-state index contributed by atoms with van der Waals surface area (Å²) in [5, 5.41) is 6.92. The van der Waals surface area contributed by atoms with Gasteiger partial charge < -0.3 is 9.47 Å². The van der Waals surface area contributed by atoms with E-state index in [2.05, 4.69) is 129 Å². The summed E-state index contributed by atoms with van der Waals surface area (Å²) in [4.78, 5) is 14.9. The van der Waals surface area contributed by atoms with E-state index < -0.39 is 0 Å². The Morgan fingerprint density at radius 1 is 0.392 bits per heavy atom. The van der Waals surface area contributed by atoms with Gasteiger partial charge in [-0.05, 0) is 165 Å². The highest BCUT2D eigenvalue weighted by Gasteiger charge is 2.24. The maximum atomic E-state index is 5.86. The van der Waals surface area contributed by atoms with Crippen LogP contribution in [0.5, 0.6) is 11.8 Å². The quantitative estimate of drug-likeness (QED) is 0.0282. The van der Waals surface area contributed by atoms with Gasteiger partial charge in [0, 0.05) is 65.4 Å². The van der Waals surface area contributed by atoms with Gasteiger partial charge in [0.05, 0.1) is 14.2 Å². The van der Waals surface area contributed by atoms with Crippen LogP contribution in [-0.4, -0.2) is 24.2 Å². The van der Waals surface area contributed by atoms with E-state index in [4.69, 9.17) is 19.4 Å². The van der Waals surface area contributed by atoms with Crippen LogP contribution in [0.4, 0.5) is 0 Å². The van der Waals surface area contributed by atoms with Gasteiger partial charge in [-0.1, -0.05) is 308 Å². The first kappa shape index (κ1) is 82.3. The fraction of sp³-hybridized carbons (Fsp3) is 0.596. The first-order chi connectivity index (χ1) is 50.3. The number of aromatic nitrogens is 2. The van der Waals surface area contributed by atoms with Crippen LogP contribution >= 0.6 is 45.3 Å². The van der Waals surface area contributed by atoms with Gasteiger partial charge in [0.25, 0.3) is 0 Å². The molecule has 0 bridgehead atoms. The van der Waals surface area contributed by atoms with Gasteiger partial charge in [-0.25, -0.2) is 9.97 Å². The van der Waals surface area contributed by atoms with Crippen molar-refractivity contribution >= 4 is 97.8 Å². The van der Waals surface area contributed by atoms with Crippen LogP contribution < -0.4 is 20.2 Å². The van der Waals surface area contributed by atoms with Crippen LogP contribution in [0.3, 0.4) is 0 Å². The Hall–Kier alpha value is -5.40. The van der Waals surface area contributed by atoms with Crippen molar-refractivity contribution in [3.63, 3.8) is 0 Å². The van der Waals surface area contributed by atoms with E-state index >= 15 is 0 Å². The maximum Gasteiger partial charge on any atom is 0.240 e. The van der Waals surface area contributed by atoms with E-state index in [0.717, 1.165) is 29.7 Å². The van der Waals surface area contributed by atoms with E-state index in [0.29, 0.717) is 22.5 Å². The molecule has 3 aromatic carbocycles. The van der Waals surface area contributed by atoms with Crippen molar-refractivity contribution in [3.8, 4) is 68.2 Å². The lowest BCUT2D eigenvalue weighted by molar-refractivity contribution is 0.365. The number of aryl methyl sites for hydroxylation is 4. The van der Waals surface area contributed by atoms with E-state index in [-0.39, 0.29) is 0 Å². The molecule has 0 spiro atoms. The van der Waals surface area contributed by atoms with Crippen LogP contribution in [0.25, 0.3) is 73.4 Å². The Morgan fingerprint density at radius 3 is 1.21 bits per heavy atom. The number of fused-ring (bicyclic) bond motifs is 6. The summed E-state index contributed by atoms with van der Waals surface area (Å²) in [5.41, 5.74) is 8.37. The molecule has 8 heteroatoms. The monoisotopic (exact) mass is 1450 g/mol. The van der Waals surface area contributed by atoms with Gasteiger partial charge in [-0.15, -0.1) is 45.3 Å². The zero-order valence-corrected chi connectivity index (χ0v) is 68.3. The Labute approximate surface area is 636 Å². The predicted molar refractivity (Wildman–Crippen MR) is 456 cm³/mol. The molecule has 0 saturated carbocycles. The molecule has 0 radical (unpaired) electrons. The van der Waals surface area contributed by atoms with E-state index in [1.807, 2.05) is 53.9 Å². The van der Waals surface area contributed by atoms with Gasteiger partial charge in [0.2, 0.25) is 11.8 Å². The average molecular weight is 1450 g/mol. The number of ether oxygens (including phenoxy) is 2. The molecule has 0 amide bonds. The number of unbranched alkanes of at least 4 members (excludes halogenated alkanes) is 42. The van der Waals surface area contributed by atoms with Crippen molar-refractivity contribution in [1.82, 2.24) is 9.97 Å². The highest BCUT2D eigenvalue weighted by molar-refractivity contribution is 7.28. The third-order valence-electron chi connectivity index (χ3n) is 21.2. The number of hydrogen-bond donors (Lipinski definition) is 0. The van der Waals surface area contributed by atoms with Gasteiger partial charge in [-0.3, -0.25) is 0 Å². The van der Waals surface area contributed by atoms with Crippen molar-refractivity contribution in [2.45, 2.75) is 350 Å². The molecule has 8 rings (SSSR count). The molecule has 552 valence electrons. The summed E-state index contributed by atoms with van der Waals surface area (Å²) < 4.78 is 17.3. The second kappa shape index (κ2) is 48.7. The highest BCUT2D eigenvalue weighted by atomic mass is 32.1. The molecular formula is C94H130N2O2S4. The fourth-order valence-corrected chi connectivity index (χ4v) is 19.9. The molecule has 102 heavy (non-hydrogen) atoms. The van der Waals surface area contributed by atoms with Crippen LogP contribution in [-0.2, 0) is 19.3 Å². The Kier molecular flexibility index (Phi) is 39.2. The lowest BCUT2D eigenvalue weighted by Gasteiger charge is -2.15. The predicted octanol–water partition coefficient (Wildman–Crippen LogP) is 29.2. The highest BCUT2D eigenvalue weighted by Crippen LogP contribution is 2.50. The number of methoxy groups -OCH3 is 2. The molecule has 0 saturated heterocycles. The van der Waals surface area contributed by atoms with E-state index in [1.165, 1.54) is 372 Å². The van der Waals surface area contributed by atoms with Gasteiger partial charge >= 0.3 is 0 Å². The van der Waals surface area contributed by atoms with Crippen molar-refractivity contribution < 1.29 is 9.47 Å². The lowest BCUT2D eigenvalue weighted by Crippen LogP contribution is -2.23. The average Bonchev–Trinajstić information content (AvgIpc) is 1.56. The maximum absolute atomic E-state index is 5.86. The number of rotatable bonds is 53. The molecule has 5 aromatic heterocycles. The molecular weight excluding hydrogens is 1320 g/mol. The summed E-state index contributed by atoms with van der Waals surface area (Å²) in [5.74, 6) is 20.0. The van der Waals surface area contributed by atoms with Gasteiger partial charge in [-0.2, -0.15) is 0 Å². The van der Waals surface area contributed by atoms with Crippen molar-refractivity contribution in [2.75, 3.05) is 14.2 Å². The Bertz CT molecular complexity index is 4080. The summed E-state index contributed by atoms with van der Waals surface area (Å²) in [6.45, 7) is 13.0. The minimum Gasteiger partial charge on any atom is -0.479 e. The first-order valence-corrected chi connectivity index (χ1v) is 44.8. The summed E-state index contributed by atoms with van der Waals surface area (Å²) >= 11 is 7.87. The summed E-state index contributed by atoms with van der Waals surface area (Å²) in [6.07, 6.45) is 68.8. The second-order valence-corrected chi connectivity index (χ2v) is 34.0. The standard InChI is InChI=1S/C94H130N2O2S4/c1-9-14-18-22-25-28-31-34-37-40-43-46-49-53-57-61-75-69-80(86-67-65-76(100-86)70-84-94(98-8)95-83(13-5)93(96-84)97-7)78(63-59-55-51-48-45-42-39-36-33-30-27-24-20-16-11-3)92-90(75)82-72-87-81(71-88(82)102-92)89-74(60-56-52-21-17-12-4)68-79(85-66-64-73(6)99-85)77(91(89)101-87)62-58-54-50-47-44-41-38-35-32-29-26-23-19-15-10-2/h13,64-72H,9-11,14-16,18-20,22-51,53-55,57-59,61-63H2,1-8H3/b83-13-,84-70-. The molecule has 0 unspecified atom stereocenters. The van der Waals surface area contributed by atoms with Crippen LogP contribution in [0, 0.1) is 42.4 Å². The Balaban J connectivity index is 1.14. The minimum absolute atomic E-state index is 0.502. The third kappa shape index (κ3) is 26.6. The van der Waals surface area contributed by atoms with Crippen molar-refractivity contribution in [2.24, 2.45) is 0 Å². The largest absolute Gasteiger partial charge is 0.479 e. The minimum atomic E-state index is 0.502. The summed E-state index contributed by atoms with van der Waals surface area (Å²) in [6, 6.07) is 19.6. The topological polar surface area (TPSA) is 44.2 Å². The summed E-state index contributed by atoms with van der Waals surface area (Å²) in [7, 11) is 3.35. The number of benzene rings is 3. The SMILES string of the molecule is CC#CC#CC#Cc1cc(-c2ccc(C)s2)c(CCCCCCCCCCCCCCCCC)c2sc3cc4c(cc3c12)sc1c(CCCCCCCCCCCCCCCCC)c(-c2ccc(/C=c3\nc(OC)/c(=C/C)nc3OC)s2)cc(CCCCCCCCCCCCCCCCC)c14. The van der Waals surface area contributed by atoms with E-state index in [1.54, 1.807) is 14.2 Å². The molecule has 0 aliphatic rings. The van der Waals surface area contributed by atoms with Gasteiger partial charge in [0.1, 0.15) is 10.7 Å². The molecule has 5 heterocycles. The number of nitrogens with zero attached hydrogens (tertiary/aromatic N) is 2. The number of hydrogen-bond acceptors (Lipinski definition) is 8. The number of thiophene rings is 4. The molecule has 0 aliphatic heterocycles. The van der Waals surface area contributed by atoms with Crippen LogP contribution in [0.1, 0.15) is 356 Å². The second-order valence-electron chi connectivity index (χ2n) is 29.5. The molecule has 8 aromatic rings. The fourth-order valence-electron chi connectivity index (χ4n) is 15.4. The molecule has 0 atom stereocenters. The smallest absolute Gasteiger partial charge is 0.240 e. The van der Waals surface area contributed by atoms with Gasteiger partial charge in [0.15, 0.2) is 0 Å². The van der Waals surface area contributed by atoms with Crippen molar-refractivity contribution in [1.29, 1.82) is 0 Å². The van der Waals surface area contributed by atoms with Crippen LogP contribution in [0.15, 0.2) is 48.5 Å². The molecule has 0 fully saturated rings. The molecule has 4 nitrogen and oxygen atoms in total. The van der Waals surface area contributed by atoms with Crippen LogP contribution in [0.2, 0.25) is 0 Å². The third-order valence-corrected chi connectivity index (χ3v) is 25.8. The lowest BCUT2D eigenvalue weighted by atomic mass is 9.91. The van der Waals surface area contributed by atoms with Crippen molar-refractivity contribution in [3.05, 3.63) is 91.2 Å². The zero-order chi connectivity index (χ0) is 71.6.